The van der Waals surface area contributed by atoms with Gasteiger partial charge in [-0.05, 0) is 76.9 Å². The number of aromatic amines is 1. The third kappa shape index (κ3) is 6.51. The summed E-state index contributed by atoms with van der Waals surface area (Å²) in [5, 5.41) is 4.79. The standard InChI is InChI=1S/C27H37N3O3/c1-6-32-26-15-21(11-12-25(26)33-18-27(31)30(19(2)3)20(4)5)16-28-14-13-22-17-29-24-10-8-7-9-23(22)24/h7-12,15,17,19-20,28-29H,6,13-14,16,18H2,1-5H3. The minimum Gasteiger partial charge on any atom is -0.490 e. The van der Waals surface area contributed by atoms with E-state index in [-0.39, 0.29) is 24.6 Å². The van der Waals surface area contributed by atoms with Gasteiger partial charge in [0.05, 0.1) is 6.61 Å². The lowest BCUT2D eigenvalue weighted by Gasteiger charge is -2.30. The Labute approximate surface area is 197 Å². The molecule has 2 N–H and O–H groups in total. The van der Waals surface area contributed by atoms with Gasteiger partial charge in [0.15, 0.2) is 18.1 Å². The van der Waals surface area contributed by atoms with E-state index in [2.05, 4.69) is 34.7 Å². The molecule has 3 rings (SSSR count). The van der Waals surface area contributed by atoms with Gasteiger partial charge in [-0.25, -0.2) is 0 Å². The highest BCUT2D eigenvalue weighted by molar-refractivity contribution is 5.83. The average molecular weight is 452 g/mol. The summed E-state index contributed by atoms with van der Waals surface area (Å²) in [7, 11) is 0. The number of carbonyl (C=O) groups excluding carboxylic acids is 1. The third-order valence-electron chi connectivity index (χ3n) is 5.63. The van der Waals surface area contributed by atoms with Crippen molar-refractivity contribution in [3.8, 4) is 11.5 Å². The van der Waals surface area contributed by atoms with Crippen LogP contribution in [-0.2, 0) is 17.8 Å². The molecule has 1 amide bonds. The van der Waals surface area contributed by atoms with E-state index in [0.29, 0.717) is 18.1 Å². The Balaban J connectivity index is 1.55. The number of H-pyrrole nitrogens is 1. The molecule has 3 aromatic rings. The number of para-hydroxylation sites is 1. The highest BCUT2D eigenvalue weighted by Crippen LogP contribution is 2.29. The molecule has 0 fully saturated rings. The molecule has 0 saturated carbocycles. The second kappa shape index (κ2) is 11.8. The lowest BCUT2D eigenvalue weighted by molar-refractivity contribution is -0.137. The van der Waals surface area contributed by atoms with Crippen molar-refractivity contribution in [1.29, 1.82) is 0 Å². The number of ether oxygens (including phenoxy) is 2. The largest absolute Gasteiger partial charge is 0.490 e. The van der Waals surface area contributed by atoms with E-state index in [4.69, 9.17) is 9.47 Å². The molecule has 33 heavy (non-hydrogen) atoms. The van der Waals surface area contributed by atoms with Crippen LogP contribution in [0.1, 0.15) is 45.7 Å². The lowest BCUT2D eigenvalue weighted by atomic mass is 10.1. The molecular weight excluding hydrogens is 414 g/mol. The van der Waals surface area contributed by atoms with Crippen LogP contribution in [0.4, 0.5) is 0 Å². The number of fused-ring (bicyclic) bond motifs is 1. The normalized spacial score (nSPS) is 11.4. The van der Waals surface area contributed by atoms with Crippen LogP contribution in [0.3, 0.4) is 0 Å². The van der Waals surface area contributed by atoms with E-state index in [1.54, 1.807) is 0 Å². The number of rotatable bonds is 12. The molecule has 0 aliphatic rings. The molecule has 6 nitrogen and oxygen atoms in total. The summed E-state index contributed by atoms with van der Waals surface area (Å²) in [6, 6.07) is 14.5. The molecule has 1 heterocycles. The van der Waals surface area contributed by atoms with Gasteiger partial charge in [-0.2, -0.15) is 0 Å². The molecule has 0 bridgehead atoms. The molecule has 0 aliphatic heterocycles. The van der Waals surface area contributed by atoms with Crippen molar-refractivity contribution in [2.45, 2.75) is 59.7 Å². The summed E-state index contributed by atoms with van der Waals surface area (Å²) in [6.45, 7) is 12.2. The second-order valence-corrected chi connectivity index (χ2v) is 8.78. The highest BCUT2D eigenvalue weighted by Gasteiger charge is 2.21. The Hall–Kier alpha value is -2.99. The second-order valence-electron chi connectivity index (χ2n) is 8.78. The van der Waals surface area contributed by atoms with Crippen molar-refractivity contribution in [2.24, 2.45) is 0 Å². The minimum atomic E-state index is -0.0227. The van der Waals surface area contributed by atoms with Gasteiger partial charge in [-0.3, -0.25) is 4.79 Å². The molecule has 0 radical (unpaired) electrons. The average Bonchev–Trinajstić information content (AvgIpc) is 3.19. The van der Waals surface area contributed by atoms with E-state index in [1.807, 2.05) is 63.8 Å². The van der Waals surface area contributed by atoms with Gasteiger partial charge in [0.25, 0.3) is 5.91 Å². The molecule has 6 heteroatoms. The monoisotopic (exact) mass is 451 g/mol. The van der Waals surface area contributed by atoms with Gasteiger partial charge >= 0.3 is 0 Å². The van der Waals surface area contributed by atoms with Crippen LogP contribution in [0, 0.1) is 0 Å². The van der Waals surface area contributed by atoms with Crippen molar-refractivity contribution in [3.05, 3.63) is 59.8 Å². The van der Waals surface area contributed by atoms with Crippen molar-refractivity contribution >= 4 is 16.8 Å². The summed E-state index contributed by atoms with van der Waals surface area (Å²) >= 11 is 0. The van der Waals surface area contributed by atoms with E-state index in [1.165, 1.54) is 16.5 Å². The first-order valence-electron chi connectivity index (χ1n) is 11.9. The Bertz CT molecular complexity index is 1030. The lowest BCUT2D eigenvalue weighted by Crippen LogP contribution is -2.44. The first kappa shape index (κ1) is 24.6. The van der Waals surface area contributed by atoms with Crippen LogP contribution in [0.5, 0.6) is 11.5 Å². The molecule has 0 saturated heterocycles. The van der Waals surface area contributed by atoms with Crippen LogP contribution in [0.15, 0.2) is 48.7 Å². The number of hydrogen-bond donors (Lipinski definition) is 2. The quantitative estimate of drug-likeness (QED) is 0.384. The van der Waals surface area contributed by atoms with Crippen LogP contribution < -0.4 is 14.8 Å². The van der Waals surface area contributed by atoms with Gasteiger partial charge in [-0.1, -0.05) is 24.3 Å². The Morgan fingerprint density at radius 3 is 2.52 bits per heavy atom. The zero-order valence-corrected chi connectivity index (χ0v) is 20.5. The summed E-state index contributed by atoms with van der Waals surface area (Å²) in [5.74, 6) is 1.24. The number of amides is 1. The smallest absolute Gasteiger partial charge is 0.260 e. The Morgan fingerprint density at radius 2 is 1.79 bits per heavy atom. The molecular formula is C27H37N3O3. The van der Waals surface area contributed by atoms with E-state index in [0.717, 1.165) is 25.1 Å². The zero-order valence-electron chi connectivity index (χ0n) is 20.5. The van der Waals surface area contributed by atoms with Gasteiger partial charge in [0.2, 0.25) is 0 Å². The van der Waals surface area contributed by atoms with Crippen LogP contribution >= 0.6 is 0 Å². The predicted octanol–water partition coefficient (Wildman–Crippen LogP) is 4.92. The molecule has 0 atom stereocenters. The fourth-order valence-corrected chi connectivity index (χ4v) is 4.23. The summed E-state index contributed by atoms with van der Waals surface area (Å²) in [4.78, 5) is 17.8. The zero-order chi connectivity index (χ0) is 23.8. The molecule has 0 unspecified atom stereocenters. The summed E-state index contributed by atoms with van der Waals surface area (Å²) in [5.41, 5.74) is 3.60. The molecule has 2 aromatic carbocycles. The molecule has 0 spiro atoms. The third-order valence-corrected chi connectivity index (χ3v) is 5.63. The number of nitrogens with zero attached hydrogens (tertiary/aromatic N) is 1. The van der Waals surface area contributed by atoms with Gasteiger partial charge in [-0.15, -0.1) is 0 Å². The summed E-state index contributed by atoms with van der Waals surface area (Å²) < 4.78 is 11.7. The highest BCUT2D eigenvalue weighted by atomic mass is 16.5. The van der Waals surface area contributed by atoms with Crippen LogP contribution in [-0.4, -0.2) is 47.6 Å². The van der Waals surface area contributed by atoms with Crippen molar-refractivity contribution in [2.75, 3.05) is 19.8 Å². The number of aromatic nitrogens is 1. The first-order chi connectivity index (χ1) is 15.9. The number of benzene rings is 2. The minimum absolute atomic E-state index is 0.00134. The van der Waals surface area contributed by atoms with Gasteiger partial charge in [0.1, 0.15) is 0 Å². The topological polar surface area (TPSA) is 66.6 Å². The fourth-order valence-electron chi connectivity index (χ4n) is 4.23. The molecule has 0 aliphatic carbocycles. The molecule has 1 aromatic heterocycles. The summed E-state index contributed by atoms with van der Waals surface area (Å²) in [6.07, 6.45) is 3.04. The number of hydrogen-bond acceptors (Lipinski definition) is 4. The maximum atomic E-state index is 12.6. The van der Waals surface area contributed by atoms with Crippen molar-refractivity contribution in [3.63, 3.8) is 0 Å². The Morgan fingerprint density at radius 1 is 1.03 bits per heavy atom. The van der Waals surface area contributed by atoms with E-state index < -0.39 is 0 Å². The fraction of sp³-hybridized carbons (Fsp3) is 0.444. The maximum absolute atomic E-state index is 12.6. The van der Waals surface area contributed by atoms with Crippen LogP contribution in [0.2, 0.25) is 0 Å². The van der Waals surface area contributed by atoms with Gasteiger partial charge < -0.3 is 24.7 Å². The first-order valence-corrected chi connectivity index (χ1v) is 11.9. The molecule has 178 valence electrons. The maximum Gasteiger partial charge on any atom is 0.260 e. The number of nitrogens with one attached hydrogen (secondary N) is 2. The van der Waals surface area contributed by atoms with Crippen molar-refractivity contribution < 1.29 is 14.3 Å². The predicted molar refractivity (Wildman–Crippen MR) is 134 cm³/mol. The SMILES string of the molecule is CCOc1cc(CNCCc2c[nH]c3ccccc23)ccc1OCC(=O)N(C(C)C)C(C)C. The Kier molecular flexibility index (Phi) is 8.78. The van der Waals surface area contributed by atoms with Crippen LogP contribution in [0.25, 0.3) is 10.9 Å². The van der Waals surface area contributed by atoms with E-state index in [9.17, 15) is 4.79 Å². The number of carbonyl (C=O) groups is 1. The van der Waals surface area contributed by atoms with E-state index >= 15 is 0 Å². The van der Waals surface area contributed by atoms with Crippen molar-refractivity contribution in [1.82, 2.24) is 15.2 Å². The van der Waals surface area contributed by atoms with Gasteiger partial charge in [0, 0.05) is 35.7 Å².